The molecule has 0 bridgehead atoms. The van der Waals surface area contributed by atoms with Gasteiger partial charge in [-0.15, -0.1) is 0 Å². The Morgan fingerprint density at radius 2 is 1.83 bits per heavy atom. The summed E-state index contributed by atoms with van der Waals surface area (Å²) in [6.07, 6.45) is -0.528. The molecule has 0 fully saturated rings. The van der Waals surface area contributed by atoms with Gasteiger partial charge in [0.15, 0.2) is 0 Å². The quantitative estimate of drug-likeness (QED) is 0.825. The van der Waals surface area contributed by atoms with E-state index in [9.17, 15) is 14.7 Å². The minimum Gasteiger partial charge on any atom is -0.508 e. The predicted molar refractivity (Wildman–Crippen MR) is 66.3 cm³/mol. The van der Waals surface area contributed by atoms with E-state index in [2.05, 4.69) is 4.74 Å². The molecule has 0 aliphatic heterocycles. The molecule has 0 aromatic heterocycles. The number of phenols is 1. The van der Waals surface area contributed by atoms with E-state index in [1.807, 2.05) is 0 Å². The van der Waals surface area contributed by atoms with Crippen molar-refractivity contribution in [1.82, 2.24) is 4.90 Å². The van der Waals surface area contributed by atoms with Crippen LogP contribution in [0.3, 0.4) is 0 Å². The van der Waals surface area contributed by atoms with Gasteiger partial charge >= 0.3 is 6.09 Å². The Hall–Kier alpha value is -2.24. The third kappa shape index (κ3) is 3.38. The standard InChI is InChI=1S/C12H16N2O4/c1-9(15)14(8-13(2)12(17)18-3)10-4-6-11(16)7-5-10/h4-7,16H,8H2,1-3H3. The van der Waals surface area contributed by atoms with E-state index >= 15 is 0 Å². The van der Waals surface area contributed by atoms with E-state index in [0.29, 0.717) is 5.69 Å². The van der Waals surface area contributed by atoms with Crippen molar-refractivity contribution in [3.8, 4) is 5.75 Å². The second kappa shape index (κ2) is 5.90. The summed E-state index contributed by atoms with van der Waals surface area (Å²) in [5, 5.41) is 9.20. The van der Waals surface area contributed by atoms with E-state index in [-0.39, 0.29) is 18.3 Å². The number of hydrogen-bond donors (Lipinski definition) is 1. The van der Waals surface area contributed by atoms with Gasteiger partial charge in [-0.3, -0.25) is 14.6 Å². The van der Waals surface area contributed by atoms with E-state index in [4.69, 9.17) is 0 Å². The van der Waals surface area contributed by atoms with Crippen LogP contribution in [0, 0.1) is 0 Å². The van der Waals surface area contributed by atoms with Crippen molar-refractivity contribution in [2.75, 3.05) is 25.7 Å². The molecule has 1 aromatic rings. The van der Waals surface area contributed by atoms with E-state index in [1.54, 1.807) is 12.1 Å². The van der Waals surface area contributed by atoms with Gasteiger partial charge in [0.2, 0.25) is 5.91 Å². The number of rotatable bonds is 3. The number of aromatic hydroxyl groups is 1. The van der Waals surface area contributed by atoms with Crippen molar-refractivity contribution in [2.24, 2.45) is 0 Å². The Morgan fingerprint density at radius 3 is 2.28 bits per heavy atom. The number of carbonyl (C=O) groups is 2. The fourth-order valence-electron chi connectivity index (χ4n) is 1.42. The number of anilines is 1. The maximum absolute atomic E-state index is 11.6. The first-order valence-electron chi connectivity index (χ1n) is 5.32. The van der Waals surface area contributed by atoms with Crippen LogP contribution in [0.25, 0.3) is 0 Å². The summed E-state index contributed by atoms with van der Waals surface area (Å²) in [5.74, 6) is -0.0972. The van der Waals surface area contributed by atoms with Crippen LogP contribution in [0.5, 0.6) is 5.75 Å². The van der Waals surface area contributed by atoms with Crippen molar-refractivity contribution in [1.29, 1.82) is 0 Å². The topological polar surface area (TPSA) is 70.1 Å². The van der Waals surface area contributed by atoms with Gasteiger partial charge in [0.1, 0.15) is 12.4 Å². The summed E-state index contributed by atoms with van der Waals surface area (Å²) in [7, 11) is 2.81. The van der Waals surface area contributed by atoms with E-state index < -0.39 is 6.09 Å². The fraction of sp³-hybridized carbons (Fsp3) is 0.333. The lowest BCUT2D eigenvalue weighted by Crippen LogP contribution is -2.41. The molecule has 6 nitrogen and oxygen atoms in total. The summed E-state index contributed by atoms with van der Waals surface area (Å²) >= 11 is 0. The Kier molecular flexibility index (Phi) is 4.53. The Labute approximate surface area is 105 Å². The lowest BCUT2D eigenvalue weighted by atomic mass is 10.3. The molecule has 6 heteroatoms. The van der Waals surface area contributed by atoms with Crippen LogP contribution in [0.2, 0.25) is 0 Å². The number of methoxy groups -OCH3 is 1. The SMILES string of the molecule is COC(=O)N(C)CN(C(C)=O)c1ccc(O)cc1. The van der Waals surface area contributed by atoms with Crippen LogP contribution >= 0.6 is 0 Å². The van der Waals surface area contributed by atoms with Crippen molar-refractivity contribution >= 4 is 17.7 Å². The molecule has 0 atom stereocenters. The normalized spacial score (nSPS) is 9.72. The molecule has 18 heavy (non-hydrogen) atoms. The van der Waals surface area contributed by atoms with Gasteiger partial charge in [-0.1, -0.05) is 0 Å². The average molecular weight is 252 g/mol. The molecule has 0 unspecified atom stereocenters. The Morgan fingerprint density at radius 1 is 1.28 bits per heavy atom. The molecular formula is C12H16N2O4. The lowest BCUT2D eigenvalue weighted by molar-refractivity contribution is -0.116. The van der Waals surface area contributed by atoms with Crippen molar-refractivity contribution in [3.63, 3.8) is 0 Å². The third-order valence-corrected chi connectivity index (χ3v) is 2.38. The van der Waals surface area contributed by atoms with Crippen LogP contribution in [0.1, 0.15) is 6.92 Å². The molecule has 0 aliphatic carbocycles. The van der Waals surface area contributed by atoms with Crippen molar-refractivity contribution in [3.05, 3.63) is 24.3 Å². The maximum atomic E-state index is 11.6. The van der Waals surface area contributed by atoms with Gasteiger partial charge in [-0.05, 0) is 24.3 Å². The number of hydrogen-bond acceptors (Lipinski definition) is 4. The van der Waals surface area contributed by atoms with E-state index in [0.717, 1.165) is 0 Å². The zero-order chi connectivity index (χ0) is 13.7. The van der Waals surface area contributed by atoms with Crippen molar-refractivity contribution in [2.45, 2.75) is 6.92 Å². The predicted octanol–water partition coefficient (Wildman–Crippen LogP) is 1.40. The summed E-state index contributed by atoms with van der Waals surface area (Å²) in [4.78, 5) is 25.5. The molecule has 0 heterocycles. The maximum Gasteiger partial charge on any atom is 0.410 e. The fourth-order valence-corrected chi connectivity index (χ4v) is 1.42. The second-order valence-corrected chi connectivity index (χ2v) is 3.77. The molecule has 1 rings (SSSR count). The van der Waals surface area contributed by atoms with Gasteiger partial charge < -0.3 is 9.84 Å². The second-order valence-electron chi connectivity index (χ2n) is 3.77. The molecule has 98 valence electrons. The van der Waals surface area contributed by atoms with Crippen LogP contribution in [-0.4, -0.2) is 42.8 Å². The zero-order valence-electron chi connectivity index (χ0n) is 10.6. The first-order valence-corrected chi connectivity index (χ1v) is 5.32. The van der Waals surface area contributed by atoms with Gasteiger partial charge in [-0.25, -0.2) is 4.79 Å². The molecule has 0 aliphatic rings. The summed E-state index contributed by atoms with van der Waals surface area (Å²) < 4.78 is 4.56. The molecule has 0 saturated heterocycles. The number of phenolic OH excluding ortho intramolecular Hbond substituents is 1. The van der Waals surface area contributed by atoms with Crippen LogP contribution in [0.4, 0.5) is 10.5 Å². The molecule has 2 amide bonds. The molecule has 1 N–H and O–H groups in total. The number of nitrogens with zero attached hydrogens (tertiary/aromatic N) is 2. The van der Waals surface area contributed by atoms with Gasteiger partial charge in [0.05, 0.1) is 7.11 Å². The molecule has 0 saturated carbocycles. The molecule has 1 aromatic carbocycles. The molecular weight excluding hydrogens is 236 g/mol. The monoisotopic (exact) mass is 252 g/mol. The van der Waals surface area contributed by atoms with E-state index in [1.165, 1.54) is 43.0 Å². The Balaban J connectivity index is 2.87. The number of benzene rings is 1. The highest BCUT2D eigenvalue weighted by atomic mass is 16.5. The third-order valence-electron chi connectivity index (χ3n) is 2.38. The highest BCUT2D eigenvalue weighted by Gasteiger charge is 2.17. The van der Waals surface area contributed by atoms with Gasteiger partial charge in [-0.2, -0.15) is 0 Å². The highest BCUT2D eigenvalue weighted by Crippen LogP contribution is 2.18. The summed E-state index contributed by atoms with van der Waals surface area (Å²) in [6.45, 7) is 1.48. The summed E-state index contributed by atoms with van der Waals surface area (Å²) in [6, 6.07) is 6.15. The van der Waals surface area contributed by atoms with Crippen LogP contribution in [0.15, 0.2) is 24.3 Å². The molecule has 0 spiro atoms. The zero-order valence-corrected chi connectivity index (χ0v) is 10.6. The lowest BCUT2D eigenvalue weighted by Gasteiger charge is -2.26. The summed E-state index contributed by atoms with van der Waals surface area (Å²) in [5.41, 5.74) is 0.594. The number of amides is 2. The smallest absolute Gasteiger partial charge is 0.410 e. The minimum absolute atomic E-state index is 0.0762. The highest BCUT2D eigenvalue weighted by molar-refractivity contribution is 5.91. The van der Waals surface area contributed by atoms with Crippen LogP contribution in [-0.2, 0) is 9.53 Å². The number of carbonyl (C=O) groups excluding carboxylic acids is 2. The van der Waals surface area contributed by atoms with Gasteiger partial charge in [0, 0.05) is 19.7 Å². The first kappa shape index (κ1) is 13.8. The number of ether oxygens (including phenoxy) is 1. The first-order chi connectivity index (χ1) is 8.45. The van der Waals surface area contributed by atoms with Crippen LogP contribution < -0.4 is 4.90 Å². The van der Waals surface area contributed by atoms with Gasteiger partial charge in [0.25, 0.3) is 0 Å². The largest absolute Gasteiger partial charge is 0.508 e. The average Bonchev–Trinajstić information content (AvgIpc) is 2.35. The van der Waals surface area contributed by atoms with Crippen molar-refractivity contribution < 1.29 is 19.4 Å². The Bertz CT molecular complexity index is 430. The molecule has 0 radical (unpaired) electrons. The minimum atomic E-state index is -0.528.